The zero-order valence-electron chi connectivity index (χ0n) is 25.3. The largest absolute Gasteiger partial charge is 0.456 e. The molecule has 1 nitrogen and oxygen atoms in total. The van der Waals surface area contributed by atoms with Crippen LogP contribution in [0.3, 0.4) is 0 Å². The van der Waals surface area contributed by atoms with Gasteiger partial charge in [0, 0.05) is 16.4 Å². The summed E-state index contributed by atoms with van der Waals surface area (Å²) in [6, 6.07) is 45.6. The lowest BCUT2D eigenvalue weighted by Gasteiger charge is -2.61. The third kappa shape index (κ3) is 3.14. The second-order valence-electron chi connectivity index (χ2n) is 14.5. The molecule has 0 atom stereocenters. The first kappa shape index (κ1) is 24.7. The van der Waals surface area contributed by atoms with Gasteiger partial charge in [-0.2, -0.15) is 0 Å². The Labute approximate surface area is 264 Å². The molecule has 0 radical (unpaired) electrons. The van der Waals surface area contributed by atoms with Crippen molar-refractivity contribution in [3.63, 3.8) is 0 Å². The Hall–Kier alpha value is -4.62. The van der Waals surface area contributed by atoms with Crippen molar-refractivity contribution in [2.24, 2.45) is 23.7 Å². The van der Waals surface area contributed by atoms with E-state index < -0.39 is 0 Å². The molecule has 0 unspecified atom stereocenters. The highest BCUT2D eigenvalue weighted by molar-refractivity contribution is 6.05. The molecule has 0 amide bonds. The van der Waals surface area contributed by atoms with Crippen LogP contribution in [-0.4, -0.2) is 0 Å². The Bertz CT molecular complexity index is 2190. The standard InChI is InChI=1S/C44H34O/c1-2-11-33(32(10-1)29-18-19-40-37(25-29)35-13-5-8-28-9-6-17-41(45-40)42(28)35)34-14-7-16-39-43(34)36-12-3-4-15-38(36)44(39)30-21-26-20-27(23-30)24-31(44)22-26/h1-19,25-27,30-31H,20-24H2. The van der Waals surface area contributed by atoms with Crippen LogP contribution in [0, 0.1) is 23.7 Å². The van der Waals surface area contributed by atoms with E-state index in [2.05, 4.69) is 121 Å². The van der Waals surface area contributed by atoms with Crippen molar-refractivity contribution in [3.05, 3.63) is 132 Å². The summed E-state index contributed by atoms with van der Waals surface area (Å²) >= 11 is 0. The highest BCUT2D eigenvalue weighted by Gasteiger charge is 2.61. The van der Waals surface area contributed by atoms with Gasteiger partial charge in [0.1, 0.15) is 11.5 Å². The minimum atomic E-state index is 0.180. The van der Waals surface area contributed by atoms with Crippen LogP contribution < -0.4 is 4.74 Å². The van der Waals surface area contributed by atoms with Gasteiger partial charge >= 0.3 is 0 Å². The van der Waals surface area contributed by atoms with E-state index >= 15 is 0 Å². The molecular formula is C44H34O. The maximum absolute atomic E-state index is 6.47. The molecule has 6 aromatic rings. The predicted molar refractivity (Wildman–Crippen MR) is 184 cm³/mol. The predicted octanol–water partition coefficient (Wildman–Crippen LogP) is 11.7. The van der Waals surface area contributed by atoms with Crippen molar-refractivity contribution in [3.8, 4) is 56.0 Å². The van der Waals surface area contributed by atoms with E-state index in [0.717, 1.165) is 35.2 Å². The summed E-state index contributed by atoms with van der Waals surface area (Å²) < 4.78 is 6.47. The van der Waals surface area contributed by atoms with E-state index in [-0.39, 0.29) is 5.41 Å². The van der Waals surface area contributed by atoms with Gasteiger partial charge in [-0.15, -0.1) is 0 Å². The van der Waals surface area contributed by atoms with Gasteiger partial charge in [0.25, 0.3) is 0 Å². The summed E-state index contributed by atoms with van der Waals surface area (Å²) in [5.74, 6) is 5.32. The average Bonchev–Trinajstić information content (AvgIpc) is 3.38. The van der Waals surface area contributed by atoms with Gasteiger partial charge in [-0.05, 0) is 129 Å². The first-order valence-electron chi connectivity index (χ1n) is 16.9. The third-order valence-corrected chi connectivity index (χ3v) is 12.5. The Morgan fingerprint density at radius 3 is 1.93 bits per heavy atom. The molecule has 6 aromatic carbocycles. The molecule has 4 saturated carbocycles. The molecule has 0 aromatic heterocycles. The summed E-state index contributed by atoms with van der Waals surface area (Å²) in [6.07, 6.45) is 7.13. The van der Waals surface area contributed by atoms with Crippen LogP contribution >= 0.6 is 0 Å². The molecule has 216 valence electrons. The van der Waals surface area contributed by atoms with Gasteiger partial charge in [0.2, 0.25) is 0 Å². The lowest BCUT2D eigenvalue weighted by atomic mass is 9.43. The molecule has 4 bridgehead atoms. The van der Waals surface area contributed by atoms with Crippen LogP contribution in [0.1, 0.15) is 43.2 Å². The Morgan fingerprint density at radius 2 is 1.11 bits per heavy atom. The van der Waals surface area contributed by atoms with E-state index in [1.54, 1.807) is 11.1 Å². The van der Waals surface area contributed by atoms with Crippen molar-refractivity contribution >= 4 is 10.8 Å². The van der Waals surface area contributed by atoms with E-state index in [4.69, 9.17) is 4.74 Å². The topological polar surface area (TPSA) is 9.23 Å². The fourth-order valence-corrected chi connectivity index (χ4v) is 11.1. The van der Waals surface area contributed by atoms with E-state index in [9.17, 15) is 0 Å². The Balaban J connectivity index is 1.12. The summed E-state index contributed by atoms with van der Waals surface area (Å²) in [7, 11) is 0. The zero-order valence-corrected chi connectivity index (χ0v) is 25.3. The minimum absolute atomic E-state index is 0.180. The number of ether oxygens (including phenoxy) is 1. The molecule has 45 heavy (non-hydrogen) atoms. The first-order valence-corrected chi connectivity index (χ1v) is 16.9. The normalized spacial score (nSPS) is 26.0. The van der Waals surface area contributed by atoms with Crippen LogP contribution in [0.4, 0.5) is 0 Å². The van der Waals surface area contributed by atoms with Crippen molar-refractivity contribution in [1.82, 2.24) is 0 Å². The molecule has 0 saturated heterocycles. The lowest BCUT2D eigenvalue weighted by molar-refractivity contribution is -0.0399. The second kappa shape index (κ2) is 8.76. The molecule has 1 spiro atoms. The van der Waals surface area contributed by atoms with Crippen molar-refractivity contribution in [2.75, 3.05) is 0 Å². The first-order chi connectivity index (χ1) is 22.3. The Morgan fingerprint density at radius 1 is 0.467 bits per heavy atom. The monoisotopic (exact) mass is 578 g/mol. The van der Waals surface area contributed by atoms with Crippen molar-refractivity contribution < 1.29 is 4.74 Å². The van der Waals surface area contributed by atoms with Gasteiger partial charge in [0.15, 0.2) is 0 Å². The average molecular weight is 579 g/mol. The van der Waals surface area contributed by atoms with Crippen molar-refractivity contribution in [1.29, 1.82) is 0 Å². The quantitative estimate of drug-likeness (QED) is 0.198. The lowest BCUT2D eigenvalue weighted by Crippen LogP contribution is -2.55. The Kier molecular flexibility index (Phi) is 4.80. The molecule has 1 aliphatic heterocycles. The van der Waals surface area contributed by atoms with Gasteiger partial charge < -0.3 is 4.74 Å². The molecular weight excluding hydrogens is 544 g/mol. The van der Waals surface area contributed by atoms with Crippen LogP contribution in [0.5, 0.6) is 11.5 Å². The van der Waals surface area contributed by atoms with E-state index in [1.807, 2.05) is 0 Å². The van der Waals surface area contributed by atoms with E-state index in [0.29, 0.717) is 0 Å². The number of hydrogen-bond donors (Lipinski definition) is 0. The van der Waals surface area contributed by atoms with E-state index in [1.165, 1.54) is 87.4 Å². The maximum Gasteiger partial charge on any atom is 0.135 e. The van der Waals surface area contributed by atoms with Crippen LogP contribution in [0.15, 0.2) is 121 Å². The number of rotatable bonds is 2. The van der Waals surface area contributed by atoms with Gasteiger partial charge in [-0.25, -0.2) is 0 Å². The summed E-state index contributed by atoms with van der Waals surface area (Å²) in [6.45, 7) is 0. The SMILES string of the molecule is c1ccc(-c2cccc3c2-c2ccccc2C32C3CC4CC(C3)CC2C4)c(-c2ccc3c(c2)-c2cccc4cccc(c24)O3)c1. The fraction of sp³-hybridized carbons (Fsp3) is 0.227. The molecule has 4 fully saturated rings. The number of hydrogen-bond acceptors (Lipinski definition) is 1. The van der Waals surface area contributed by atoms with Gasteiger partial charge in [0.05, 0.1) is 0 Å². The number of fused-ring (bicyclic) bond motifs is 5. The molecule has 0 N–H and O–H groups in total. The van der Waals surface area contributed by atoms with Crippen molar-refractivity contribution in [2.45, 2.75) is 37.5 Å². The number of benzene rings is 6. The van der Waals surface area contributed by atoms with Crippen LogP contribution in [0.2, 0.25) is 0 Å². The molecule has 12 rings (SSSR count). The maximum atomic E-state index is 6.47. The zero-order chi connectivity index (χ0) is 29.3. The molecule has 5 aliphatic carbocycles. The molecule has 6 aliphatic rings. The van der Waals surface area contributed by atoms with Gasteiger partial charge in [-0.3, -0.25) is 0 Å². The van der Waals surface area contributed by atoms with Crippen LogP contribution in [0.25, 0.3) is 55.3 Å². The summed E-state index contributed by atoms with van der Waals surface area (Å²) in [4.78, 5) is 0. The fourth-order valence-electron chi connectivity index (χ4n) is 11.1. The summed E-state index contributed by atoms with van der Waals surface area (Å²) in [5, 5.41) is 2.43. The van der Waals surface area contributed by atoms with Gasteiger partial charge in [-0.1, -0.05) is 103 Å². The second-order valence-corrected chi connectivity index (χ2v) is 14.5. The molecule has 1 heterocycles. The summed E-state index contributed by atoms with van der Waals surface area (Å²) in [5.41, 5.74) is 14.0. The third-order valence-electron chi connectivity index (χ3n) is 12.5. The van der Waals surface area contributed by atoms with Crippen LogP contribution in [-0.2, 0) is 5.41 Å². The highest BCUT2D eigenvalue weighted by Crippen LogP contribution is 2.70. The molecule has 1 heteroatoms. The smallest absolute Gasteiger partial charge is 0.135 e. The highest BCUT2D eigenvalue weighted by atomic mass is 16.5. The minimum Gasteiger partial charge on any atom is -0.456 e.